The fourth-order valence-corrected chi connectivity index (χ4v) is 1.85. The molecule has 1 aromatic rings. The highest BCUT2D eigenvalue weighted by Crippen LogP contribution is 2.14. The summed E-state index contributed by atoms with van der Waals surface area (Å²) in [6.45, 7) is 7.57. The molecule has 0 saturated carbocycles. The molecule has 1 nitrogen and oxygen atoms in total. The Morgan fingerprint density at radius 3 is 2.19 bits per heavy atom. The van der Waals surface area contributed by atoms with E-state index in [1.807, 2.05) is 0 Å². The summed E-state index contributed by atoms with van der Waals surface area (Å²) >= 11 is 0. The summed E-state index contributed by atoms with van der Waals surface area (Å²) in [4.78, 5) is 4.52. The minimum absolute atomic E-state index is 0.956. The lowest BCUT2D eigenvalue weighted by Crippen LogP contribution is -1.98. The molecule has 0 fully saturated rings. The number of hydrogen-bond acceptors (Lipinski definition) is 1. The SMILES string of the molecule is CCCCN=Cc1c(CC)cccc1CC. The zero-order valence-corrected chi connectivity index (χ0v) is 10.8. The summed E-state index contributed by atoms with van der Waals surface area (Å²) in [7, 11) is 0. The Kier molecular flexibility index (Phi) is 5.84. The van der Waals surface area contributed by atoms with Crippen molar-refractivity contribution in [3.05, 3.63) is 34.9 Å². The number of nitrogens with zero attached hydrogens (tertiary/aromatic N) is 1. The number of aliphatic imine (C=N–C) groups is 1. The van der Waals surface area contributed by atoms with Gasteiger partial charge < -0.3 is 0 Å². The topological polar surface area (TPSA) is 12.4 Å². The number of hydrogen-bond donors (Lipinski definition) is 0. The molecule has 0 amide bonds. The standard InChI is InChI=1S/C15H23N/c1-4-7-11-16-12-15-13(5-2)9-8-10-14(15)6-3/h8-10,12H,4-7,11H2,1-3H3. The maximum atomic E-state index is 4.52. The molecule has 0 aliphatic carbocycles. The highest BCUT2D eigenvalue weighted by Gasteiger charge is 2.02. The molecule has 1 heteroatoms. The van der Waals surface area contributed by atoms with E-state index in [1.165, 1.54) is 29.5 Å². The van der Waals surface area contributed by atoms with Crippen LogP contribution in [0.25, 0.3) is 0 Å². The molecule has 0 N–H and O–H groups in total. The first-order chi connectivity index (χ1) is 7.83. The molecule has 0 saturated heterocycles. The predicted molar refractivity (Wildman–Crippen MR) is 72.6 cm³/mol. The number of unbranched alkanes of at least 4 members (excludes halogenated alkanes) is 1. The van der Waals surface area contributed by atoms with Gasteiger partial charge in [0.05, 0.1) is 0 Å². The van der Waals surface area contributed by atoms with Crippen LogP contribution >= 0.6 is 0 Å². The fraction of sp³-hybridized carbons (Fsp3) is 0.533. The summed E-state index contributed by atoms with van der Waals surface area (Å²) in [5.41, 5.74) is 4.18. The van der Waals surface area contributed by atoms with Gasteiger partial charge in [-0.05, 0) is 36.0 Å². The van der Waals surface area contributed by atoms with Crippen molar-refractivity contribution in [1.29, 1.82) is 0 Å². The summed E-state index contributed by atoms with van der Waals surface area (Å²) < 4.78 is 0. The molecule has 0 unspecified atom stereocenters. The molecule has 0 radical (unpaired) electrons. The van der Waals surface area contributed by atoms with Gasteiger partial charge in [-0.2, -0.15) is 0 Å². The maximum absolute atomic E-state index is 4.52. The van der Waals surface area contributed by atoms with E-state index < -0.39 is 0 Å². The minimum atomic E-state index is 0.956. The van der Waals surface area contributed by atoms with E-state index in [-0.39, 0.29) is 0 Å². The Hall–Kier alpha value is -1.11. The second kappa shape index (κ2) is 7.21. The summed E-state index contributed by atoms with van der Waals surface area (Å²) in [6, 6.07) is 6.57. The van der Waals surface area contributed by atoms with Gasteiger partial charge in [-0.1, -0.05) is 45.4 Å². The van der Waals surface area contributed by atoms with Crippen molar-refractivity contribution in [1.82, 2.24) is 0 Å². The fourth-order valence-electron chi connectivity index (χ4n) is 1.85. The maximum Gasteiger partial charge on any atom is 0.0389 e. The molecule has 0 spiro atoms. The van der Waals surface area contributed by atoms with Crippen molar-refractivity contribution in [3.8, 4) is 0 Å². The van der Waals surface area contributed by atoms with Crippen molar-refractivity contribution >= 4 is 6.21 Å². The molecular formula is C15H23N. The van der Waals surface area contributed by atoms with Gasteiger partial charge in [0.15, 0.2) is 0 Å². The largest absolute Gasteiger partial charge is 0.293 e. The van der Waals surface area contributed by atoms with Crippen LogP contribution < -0.4 is 0 Å². The molecule has 16 heavy (non-hydrogen) atoms. The van der Waals surface area contributed by atoms with E-state index in [4.69, 9.17) is 0 Å². The van der Waals surface area contributed by atoms with Crippen LogP contribution in [-0.4, -0.2) is 12.8 Å². The molecule has 0 aliphatic rings. The summed E-state index contributed by atoms with van der Waals surface area (Å²) in [5.74, 6) is 0. The highest BCUT2D eigenvalue weighted by molar-refractivity contribution is 5.84. The Morgan fingerprint density at radius 2 is 1.69 bits per heavy atom. The van der Waals surface area contributed by atoms with Crippen molar-refractivity contribution in [3.63, 3.8) is 0 Å². The second-order valence-corrected chi connectivity index (χ2v) is 4.09. The van der Waals surface area contributed by atoms with Crippen LogP contribution in [-0.2, 0) is 12.8 Å². The van der Waals surface area contributed by atoms with Gasteiger partial charge in [0.1, 0.15) is 0 Å². The van der Waals surface area contributed by atoms with Crippen LogP contribution in [0.1, 0.15) is 50.3 Å². The van der Waals surface area contributed by atoms with Crippen LogP contribution in [0.5, 0.6) is 0 Å². The van der Waals surface area contributed by atoms with Gasteiger partial charge >= 0.3 is 0 Å². The number of benzene rings is 1. The first kappa shape index (κ1) is 13.0. The third kappa shape index (κ3) is 3.48. The Labute approximate surface area is 99.6 Å². The van der Waals surface area contributed by atoms with Gasteiger partial charge in [0.25, 0.3) is 0 Å². The van der Waals surface area contributed by atoms with E-state index in [1.54, 1.807) is 0 Å². The molecular weight excluding hydrogens is 194 g/mol. The third-order valence-electron chi connectivity index (χ3n) is 2.91. The quantitative estimate of drug-likeness (QED) is 0.504. The van der Waals surface area contributed by atoms with Gasteiger partial charge in [-0.3, -0.25) is 4.99 Å². The average molecular weight is 217 g/mol. The zero-order chi connectivity index (χ0) is 11.8. The van der Waals surface area contributed by atoms with Gasteiger partial charge in [0, 0.05) is 12.8 Å². The average Bonchev–Trinajstić information content (AvgIpc) is 2.34. The molecule has 88 valence electrons. The van der Waals surface area contributed by atoms with Crippen LogP contribution in [0.15, 0.2) is 23.2 Å². The van der Waals surface area contributed by atoms with E-state index in [0.29, 0.717) is 0 Å². The van der Waals surface area contributed by atoms with Crippen LogP contribution in [0.3, 0.4) is 0 Å². The van der Waals surface area contributed by atoms with Crippen LogP contribution in [0.2, 0.25) is 0 Å². The third-order valence-corrected chi connectivity index (χ3v) is 2.91. The summed E-state index contributed by atoms with van der Waals surface area (Å²) in [5, 5.41) is 0. The van der Waals surface area contributed by atoms with Crippen molar-refractivity contribution < 1.29 is 0 Å². The Bertz CT molecular complexity index is 317. The first-order valence-corrected chi connectivity index (χ1v) is 6.44. The molecule has 0 bridgehead atoms. The monoisotopic (exact) mass is 217 g/mol. The van der Waals surface area contributed by atoms with E-state index in [0.717, 1.165) is 19.4 Å². The van der Waals surface area contributed by atoms with Gasteiger partial charge in [-0.25, -0.2) is 0 Å². The van der Waals surface area contributed by atoms with Crippen LogP contribution in [0.4, 0.5) is 0 Å². The van der Waals surface area contributed by atoms with Crippen molar-refractivity contribution in [2.75, 3.05) is 6.54 Å². The first-order valence-electron chi connectivity index (χ1n) is 6.44. The van der Waals surface area contributed by atoms with Crippen LogP contribution in [0, 0.1) is 0 Å². The lowest BCUT2D eigenvalue weighted by atomic mass is 9.98. The molecule has 0 heterocycles. The predicted octanol–water partition coefficient (Wildman–Crippen LogP) is 4.03. The number of aryl methyl sites for hydroxylation is 2. The zero-order valence-electron chi connectivity index (χ0n) is 10.8. The minimum Gasteiger partial charge on any atom is -0.293 e. The van der Waals surface area contributed by atoms with Crippen molar-refractivity contribution in [2.24, 2.45) is 4.99 Å². The highest BCUT2D eigenvalue weighted by atomic mass is 14.7. The Morgan fingerprint density at radius 1 is 1.06 bits per heavy atom. The van der Waals surface area contributed by atoms with E-state index in [9.17, 15) is 0 Å². The normalized spacial score (nSPS) is 11.2. The van der Waals surface area contributed by atoms with Gasteiger partial charge in [-0.15, -0.1) is 0 Å². The lowest BCUT2D eigenvalue weighted by Gasteiger charge is -2.08. The molecule has 1 aromatic carbocycles. The molecule has 1 rings (SSSR count). The van der Waals surface area contributed by atoms with Crippen molar-refractivity contribution in [2.45, 2.75) is 46.5 Å². The lowest BCUT2D eigenvalue weighted by molar-refractivity contribution is 0.810. The summed E-state index contributed by atoms with van der Waals surface area (Å²) in [6.07, 6.45) is 6.65. The second-order valence-electron chi connectivity index (χ2n) is 4.09. The smallest absolute Gasteiger partial charge is 0.0389 e. The Balaban J connectivity index is 2.86. The number of rotatable bonds is 6. The molecule has 0 aromatic heterocycles. The molecule has 0 aliphatic heterocycles. The molecule has 0 atom stereocenters. The van der Waals surface area contributed by atoms with Gasteiger partial charge in [0.2, 0.25) is 0 Å². The van der Waals surface area contributed by atoms with E-state index in [2.05, 4.69) is 50.2 Å². The van der Waals surface area contributed by atoms with E-state index >= 15 is 0 Å².